The largest absolute Gasteiger partial charge is 0.385 e. The van der Waals surface area contributed by atoms with Gasteiger partial charge in [0.25, 0.3) is 0 Å². The minimum Gasteiger partial charge on any atom is -0.385 e. The number of hydrogen-bond donors (Lipinski definition) is 1. The van der Waals surface area contributed by atoms with Crippen molar-refractivity contribution in [2.75, 3.05) is 30.5 Å². The number of anilines is 3. The van der Waals surface area contributed by atoms with E-state index in [4.69, 9.17) is 4.74 Å². The second-order valence-corrected chi connectivity index (χ2v) is 9.62. The Morgan fingerprint density at radius 1 is 1.24 bits per heavy atom. The van der Waals surface area contributed by atoms with Crippen LogP contribution in [0.3, 0.4) is 0 Å². The zero-order chi connectivity index (χ0) is 23.8. The summed E-state index contributed by atoms with van der Waals surface area (Å²) in [6.07, 6.45) is 8.91. The maximum absolute atomic E-state index is 13.1. The Morgan fingerprint density at radius 2 is 2.06 bits per heavy atom. The number of nitrogens with one attached hydrogen (secondary N) is 1. The lowest BCUT2D eigenvalue weighted by Crippen LogP contribution is -2.35. The van der Waals surface area contributed by atoms with E-state index in [9.17, 15) is 14.9 Å². The van der Waals surface area contributed by atoms with Crippen LogP contribution in [0.25, 0.3) is 0 Å². The Labute approximate surface area is 199 Å². The molecular formula is C26H29N5O3. The average molecular weight is 460 g/mol. The van der Waals surface area contributed by atoms with Crippen molar-refractivity contribution in [3.63, 3.8) is 0 Å². The van der Waals surface area contributed by atoms with Crippen molar-refractivity contribution in [1.82, 2.24) is 9.97 Å². The van der Waals surface area contributed by atoms with Gasteiger partial charge in [-0.2, -0.15) is 5.26 Å². The summed E-state index contributed by atoms with van der Waals surface area (Å²) in [5.74, 6) is 1.55. The number of methoxy groups -OCH3 is 1. The molecule has 1 N–H and O–H groups in total. The summed E-state index contributed by atoms with van der Waals surface area (Å²) in [5.41, 5.74) is 0.435. The van der Waals surface area contributed by atoms with Crippen LogP contribution in [0.2, 0.25) is 0 Å². The highest BCUT2D eigenvalue weighted by Gasteiger charge is 2.56. The number of Topliss-reactive ketones (excluding diaryl/α,β-unsaturated/α-hetero) is 1. The molecule has 2 aliphatic carbocycles. The summed E-state index contributed by atoms with van der Waals surface area (Å²) in [4.78, 5) is 36.4. The number of ether oxygens (including phenoxy) is 1. The molecule has 1 atom stereocenters. The van der Waals surface area contributed by atoms with Crippen molar-refractivity contribution in [2.45, 2.75) is 50.4 Å². The fourth-order valence-electron chi connectivity index (χ4n) is 5.14. The van der Waals surface area contributed by atoms with Crippen molar-refractivity contribution < 1.29 is 14.3 Å². The Bertz CT molecular complexity index is 1130. The van der Waals surface area contributed by atoms with Crippen LogP contribution in [0.5, 0.6) is 0 Å². The maximum Gasteiger partial charge on any atom is 0.247 e. The minimum absolute atomic E-state index is 0.0953. The normalized spacial score (nSPS) is 22.9. The van der Waals surface area contributed by atoms with Crippen LogP contribution >= 0.6 is 0 Å². The molecule has 2 aromatic heterocycles. The third-order valence-corrected chi connectivity index (χ3v) is 7.49. The van der Waals surface area contributed by atoms with Crippen LogP contribution < -0.4 is 10.2 Å². The molecule has 0 unspecified atom stereocenters. The number of carbonyl (C=O) groups is 2. The fourth-order valence-corrected chi connectivity index (χ4v) is 5.14. The van der Waals surface area contributed by atoms with Crippen LogP contribution in [-0.4, -0.2) is 41.9 Å². The molecule has 5 rings (SSSR count). The third-order valence-electron chi connectivity index (χ3n) is 7.49. The quantitative estimate of drug-likeness (QED) is 0.537. The first-order valence-electron chi connectivity index (χ1n) is 12.0. The number of carbonyl (C=O) groups excluding carboxylic acids is 2. The van der Waals surface area contributed by atoms with E-state index >= 15 is 0 Å². The van der Waals surface area contributed by atoms with E-state index in [-0.39, 0.29) is 23.0 Å². The summed E-state index contributed by atoms with van der Waals surface area (Å²) in [6.45, 7) is 1.13. The topological polar surface area (TPSA) is 108 Å². The van der Waals surface area contributed by atoms with Gasteiger partial charge < -0.3 is 15.0 Å². The number of aromatic nitrogens is 2. The van der Waals surface area contributed by atoms with E-state index in [1.807, 2.05) is 18.2 Å². The Balaban J connectivity index is 1.26. The summed E-state index contributed by atoms with van der Waals surface area (Å²) < 4.78 is 5.06. The predicted molar refractivity (Wildman–Crippen MR) is 127 cm³/mol. The molecule has 0 bridgehead atoms. The van der Waals surface area contributed by atoms with Crippen LogP contribution in [0.4, 0.5) is 17.3 Å². The van der Waals surface area contributed by atoms with Gasteiger partial charge in [-0.15, -0.1) is 0 Å². The van der Waals surface area contributed by atoms with Crippen LogP contribution in [0.15, 0.2) is 36.7 Å². The molecule has 34 heavy (non-hydrogen) atoms. The lowest BCUT2D eigenvalue weighted by Gasteiger charge is -2.21. The van der Waals surface area contributed by atoms with Crippen LogP contribution in [-0.2, 0) is 19.7 Å². The SMILES string of the molecule is COCCCC(=O)C1(c2ccc(Nc3cc(N4CC[C@@](C#N)(C5CC5)C4=O)ccn3)nc2)CC1. The molecule has 0 radical (unpaired) electrons. The first kappa shape index (κ1) is 22.5. The fraction of sp³-hybridized carbons (Fsp3) is 0.500. The summed E-state index contributed by atoms with van der Waals surface area (Å²) >= 11 is 0. The highest BCUT2D eigenvalue weighted by Crippen LogP contribution is 2.52. The number of ketones is 1. The smallest absolute Gasteiger partial charge is 0.247 e. The number of nitriles is 1. The number of nitrogens with zero attached hydrogens (tertiary/aromatic N) is 4. The van der Waals surface area contributed by atoms with Crippen LogP contribution in [0.1, 0.15) is 50.5 Å². The molecule has 3 fully saturated rings. The molecule has 176 valence electrons. The lowest BCUT2D eigenvalue weighted by molar-refractivity contribution is -0.124. The predicted octanol–water partition coefficient (Wildman–Crippen LogP) is 3.90. The van der Waals surface area contributed by atoms with Crippen molar-refractivity contribution in [1.29, 1.82) is 5.26 Å². The van der Waals surface area contributed by atoms with Crippen molar-refractivity contribution in [3.8, 4) is 6.07 Å². The van der Waals surface area contributed by atoms with Gasteiger partial charge in [0.1, 0.15) is 22.8 Å². The van der Waals surface area contributed by atoms with E-state index < -0.39 is 5.41 Å². The second kappa shape index (κ2) is 8.80. The number of hydrogen-bond acceptors (Lipinski definition) is 7. The maximum atomic E-state index is 13.1. The van der Waals surface area contributed by atoms with Gasteiger partial charge in [-0.25, -0.2) is 9.97 Å². The van der Waals surface area contributed by atoms with Gasteiger partial charge >= 0.3 is 0 Å². The van der Waals surface area contributed by atoms with E-state index in [1.165, 1.54) is 0 Å². The average Bonchev–Trinajstić information content (AvgIpc) is 3.78. The molecule has 2 aromatic rings. The van der Waals surface area contributed by atoms with Gasteiger partial charge in [-0.1, -0.05) is 6.07 Å². The highest BCUT2D eigenvalue weighted by atomic mass is 16.5. The Kier molecular flexibility index (Phi) is 5.82. The second-order valence-electron chi connectivity index (χ2n) is 9.62. The molecule has 3 heterocycles. The van der Waals surface area contributed by atoms with Gasteiger partial charge in [-0.05, 0) is 62.1 Å². The molecule has 8 heteroatoms. The van der Waals surface area contributed by atoms with Gasteiger partial charge in [0, 0.05) is 50.8 Å². The number of rotatable bonds is 10. The van der Waals surface area contributed by atoms with E-state index in [0.717, 1.165) is 43.4 Å². The third kappa shape index (κ3) is 3.94. The lowest BCUT2D eigenvalue weighted by atomic mass is 9.83. The van der Waals surface area contributed by atoms with Crippen molar-refractivity contribution in [2.24, 2.45) is 11.3 Å². The Morgan fingerprint density at radius 3 is 2.71 bits per heavy atom. The Hall–Kier alpha value is -3.31. The van der Waals surface area contributed by atoms with Gasteiger partial charge in [0.05, 0.1) is 11.5 Å². The standard InChI is InChI=1S/C26H29N5O3/c1-34-14-2-3-21(32)25(9-10-25)19-6-7-22(29-16-19)30-23-15-20(8-12-28-23)31-13-11-26(17-27,24(31)33)18-4-5-18/h6-8,12,15-16,18H,2-5,9-11,13-14H2,1H3,(H,28,29,30)/t26-/m1/s1. The molecule has 0 aromatic carbocycles. The van der Waals surface area contributed by atoms with Crippen molar-refractivity contribution in [3.05, 3.63) is 42.2 Å². The number of pyridine rings is 2. The minimum atomic E-state index is -0.867. The molecular weight excluding hydrogens is 430 g/mol. The van der Waals surface area contributed by atoms with E-state index in [1.54, 1.807) is 30.5 Å². The van der Waals surface area contributed by atoms with Gasteiger partial charge in [-0.3, -0.25) is 9.59 Å². The molecule has 0 spiro atoms. The van der Waals surface area contributed by atoms with Gasteiger partial charge in [0.15, 0.2) is 0 Å². The summed E-state index contributed by atoms with van der Waals surface area (Å²) in [7, 11) is 1.65. The van der Waals surface area contributed by atoms with Crippen molar-refractivity contribution >= 4 is 29.0 Å². The van der Waals surface area contributed by atoms with Crippen LogP contribution in [0, 0.1) is 22.7 Å². The number of amides is 1. The van der Waals surface area contributed by atoms with Gasteiger partial charge in [0.2, 0.25) is 5.91 Å². The zero-order valence-electron chi connectivity index (χ0n) is 19.4. The molecule has 8 nitrogen and oxygen atoms in total. The highest BCUT2D eigenvalue weighted by molar-refractivity contribution is 6.02. The molecule has 1 aliphatic heterocycles. The monoisotopic (exact) mass is 459 g/mol. The summed E-state index contributed by atoms with van der Waals surface area (Å²) in [6, 6.07) is 9.76. The zero-order valence-corrected chi connectivity index (χ0v) is 19.4. The van der Waals surface area contributed by atoms with E-state index in [0.29, 0.717) is 37.6 Å². The first-order valence-corrected chi connectivity index (χ1v) is 12.0. The first-order chi connectivity index (χ1) is 16.5. The molecule has 3 aliphatic rings. The molecule has 1 amide bonds. The molecule has 1 saturated heterocycles. The van der Waals surface area contributed by atoms with E-state index in [2.05, 4.69) is 21.4 Å². The summed E-state index contributed by atoms with van der Waals surface area (Å²) in [5, 5.41) is 12.9. The molecule has 2 saturated carbocycles.